The number of hydrogen-bond acceptors (Lipinski definition) is 1. The van der Waals surface area contributed by atoms with Crippen molar-refractivity contribution in [1.29, 1.82) is 0 Å². The highest BCUT2D eigenvalue weighted by molar-refractivity contribution is 5.33. The van der Waals surface area contributed by atoms with Gasteiger partial charge in [0.25, 0.3) is 0 Å². The third-order valence-corrected chi connectivity index (χ3v) is 2.57. The van der Waals surface area contributed by atoms with Gasteiger partial charge in [0.05, 0.1) is 0 Å². The van der Waals surface area contributed by atoms with E-state index in [9.17, 15) is 5.11 Å². The molecule has 86 valence electrons. The van der Waals surface area contributed by atoms with E-state index in [-0.39, 0.29) is 0 Å². The Balaban J connectivity index is 2.79. The molecule has 1 aromatic carbocycles. The Morgan fingerprint density at radius 1 is 1.38 bits per heavy atom. The van der Waals surface area contributed by atoms with Crippen LogP contribution >= 0.6 is 0 Å². The van der Waals surface area contributed by atoms with Crippen LogP contribution in [0.1, 0.15) is 44.2 Å². The summed E-state index contributed by atoms with van der Waals surface area (Å²) in [5.74, 6) is 5.99. The van der Waals surface area contributed by atoms with Gasteiger partial charge in [-0.05, 0) is 25.8 Å². The Morgan fingerprint density at radius 2 is 2.12 bits per heavy atom. The Bertz CT molecular complexity index is 393. The summed E-state index contributed by atoms with van der Waals surface area (Å²) in [5, 5.41) is 10.2. The van der Waals surface area contributed by atoms with Crippen LogP contribution in [-0.4, -0.2) is 5.11 Å². The first-order valence-electron chi connectivity index (χ1n) is 5.86. The lowest BCUT2D eigenvalue weighted by atomic mass is 9.95. The number of benzene rings is 1. The van der Waals surface area contributed by atoms with Crippen molar-refractivity contribution in [2.75, 3.05) is 0 Å². The van der Waals surface area contributed by atoms with Crippen molar-refractivity contribution in [2.45, 2.75) is 45.6 Å². The highest BCUT2D eigenvalue weighted by atomic mass is 16.3. The zero-order chi connectivity index (χ0) is 12.0. The summed E-state index contributed by atoms with van der Waals surface area (Å²) >= 11 is 0. The Labute approximate surface area is 98.5 Å². The fourth-order valence-electron chi connectivity index (χ4n) is 1.52. The van der Waals surface area contributed by atoms with Gasteiger partial charge in [-0.3, -0.25) is 0 Å². The summed E-state index contributed by atoms with van der Waals surface area (Å²) in [6, 6.07) is 7.87. The predicted molar refractivity (Wildman–Crippen MR) is 68.1 cm³/mol. The van der Waals surface area contributed by atoms with Crippen LogP contribution in [-0.2, 0) is 5.60 Å². The van der Waals surface area contributed by atoms with Crippen molar-refractivity contribution in [2.24, 2.45) is 0 Å². The lowest BCUT2D eigenvalue weighted by Crippen LogP contribution is -2.18. The van der Waals surface area contributed by atoms with Crippen LogP contribution in [0.15, 0.2) is 24.3 Å². The molecule has 1 atom stereocenters. The van der Waals surface area contributed by atoms with Gasteiger partial charge < -0.3 is 5.11 Å². The first-order chi connectivity index (χ1) is 7.56. The van der Waals surface area contributed by atoms with Crippen LogP contribution in [0, 0.1) is 18.8 Å². The van der Waals surface area contributed by atoms with Gasteiger partial charge in [-0.15, -0.1) is 0 Å². The second kappa shape index (κ2) is 5.72. The second-order valence-corrected chi connectivity index (χ2v) is 4.35. The van der Waals surface area contributed by atoms with Crippen LogP contribution in [0.3, 0.4) is 0 Å². The molecule has 1 heteroatoms. The zero-order valence-electron chi connectivity index (χ0n) is 10.4. The maximum Gasteiger partial charge on any atom is 0.148 e. The molecular formula is C15H20O. The highest BCUT2D eigenvalue weighted by Gasteiger charge is 2.19. The van der Waals surface area contributed by atoms with Crippen LogP contribution in [0.4, 0.5) is 0 Å². The van der Waals surface area contributed by atoms with E-state index in [1.54, 1.807) is 6.92 Å². The van der Waals surface area contributed by atoms with Gasteiger partial charge in [0, 0.05) is 6.42 Å². The molecule has 1 nitrogen and oxygen atoms in total. The number of rotatable bonds is 3. The number of unbranched alkanes of at least 4 members (excludes halogenated alkanes) is 2. The molecule has 0 saturated carbocycles. The predicted octanol–water partition coefficient (Wildman–Crippen LogP) is 3.40. The molecule has 0 aliphatic heterocycles. The van der Waals surface area contributed by atoms with Crippen molar-refractivity contribution >= 4 is 0 Å². The molecule has 0 saturated heterocycles. The van der Waals surface area contributed by atoms with E-state index in [0.717, 1.165) is 30.4 Å². The van der Waals surface area contributed by atoms with Gasteiger partial charge in [0.1, 0.15) is 5.60 Å². The topological polar surface area (TPSA) is 20.2 Å². The van der Waals surface area contributed by atoms with E-state index in [1.807, 2.05) is 31.2 Å². The minimum atomic E-state index is -1.03. The lowest BCUT2D eigenvalue weighted by molar-refractivity contribution is 0.122. The van der Waals surface area contributed by atoms with E-state index in [2.05, 4.69) is 18.8 Å². The molecule has 0 aromatic heterocycles. The molecule has 0 fully saturated rings. The second-order valence-electron chi connectivity index (χ2n) is 4.35. The van der Waals surface area contributed by atoms with E-state index in [1.165, 1.54) is 0 Å². The van der Waals surface area contributed by atoms with Crippen molar-refractivity contribution in [3.05, 3.63) is 35.4 Å². The van der Waals surface area contributed by atoms with Gasteiger partial charge >= 0.3 is 0 Å². The van der Waals surface area contributed by atoms with Gasteiger partial charge in [0.2, 0.25) is 0 Å². The summed E-state index contributed by atoms with van der Waals surface area (Å²) < 4.78 is 0. The molecule has 0 bridgehead atoms. The summed E-state index contributed by atoms with van der Waals surface area (Å²) in [4.78, 5) is 0. The lowest BCUT2D eigenvalue weighted by Gasteiger charge is -2.17. The van der Waals surface area contributed by atoms with Gasteiger partial charge in [-0.1, -0.05) is 55.0 Å². The monoisotopic (exact) mass is 216 g/mol. The Morgan fingerprint density at radius 3 is 2.75 bits per heavy atom. The number of aliphatic hydroxyl groups is 1. The van der Waals surface area contributed by atoms with Crippen molar-refractivity contribution < 1.29 is 5.11 Å². The molecule has 0 aliphatic rings. The average molecular weight is 216 g/mol. The molecule has 1 aromatic rings. The Kier molecular flexibility index (Phi) is 4.58. The van der Waals surface area contributed by atoms with Crippen molar-refractivity contribution in [1.82, 2.24) is 0 Å². The summed E-state index contributed by atoms with van der Waals surface area (Å²) in [6.45, 7) is 5.91. The molecule has 0 spiro atoms. The smallest absolute Gasteiger partial charge is 0.148 e. The first-order valence-corrected chi connectivity index (χ1v) is 5.86. The standard InChI is InChI=1S/C15H20O/c1-4-5-6-7-11-15(3,16)14-10-8-9-13(2)12-14/h8-10,12,16H,4-6H2,1-3H3. The van der Waals surface area contributed by atoms with E-state index >= 15 is 0 Å². The first kappa shape index (κ1) is 12.8. The maximum atomic E-state index is 10.2. The fourth-order valence-corrected chi connectivity index (χ4v) is 1.52. The minimum absolute atomic E-state index is 0.860. The third kappa shape index (κ3) is 3.72. The quantitative estimate of drug-likeness (QED) is 0.606. The molecule has 1 unspecified atom stereocenters. The van der Waals surface area contributed by atoms with Crippen LogP contribution in [0.25, 0.3) is 0 Å². The molecule has 0 aliphatic carbocycles. The molecule has 0 heterocycles. The SMILES string of the molecule is CCCCC#CC(C)(O)c1cccc(C)c1. The van der Waals surface area contributed by atoms with Crippen molar-refractivity contribution in [3.8, 4) is 11.8 Å². The Hall–Kier alpha value is -1.26. The molecule has 16 heavy (non-hydrogen) atoms. The van der Waals surface area contributed by atoms with E-state index in [0.29, 0.717) is 0 Å². The van der Waals surface area contributed by atoms with E-state index in [4.69, 9.17) is 0 Å². The fraction of sp³-hybridized carbons (Fsp3) is 0.467. The largest absolute Gasteiger partial charge is 0.374 e. The van der Waals surface area contributed by atoms with Gasteiger partial charge in [-0.2, -0.15) is 0 Å². The minimum Gasteiger partial charge on any atom is -0.374 e. The van der Waals surface area contributed by atoms with Gasteiger partial charge in [0.15, 0.2) is 0 Å². The normalized spacial score (nSPS) is 13.8. The summed E-state index contributed by atoms with van der Waals surface area (Å²) in [6.07, 6.45) is 3.09. The summed E-state index contributed by atoms with van der Waals surface area (Å²) in [5.41, 5.74) is 0.990. The summed E-state index contributed by atoms with van der Waals surface area (Å²) in [7, 11) is 0. The molecular weight excluding hydrogens is 196 g/mol. The molecule has 1 rings (SSSR count). The number of hydrogen-bond donors (Lipinski definition) is 1. The van der Waals surface area contributed by atoms with Gasteiger partial charge in [-0.25, -0.2) is 0 Å². The third-order valence-electron chi connectivity index (χ3n) is 2.57. The van der Waals surface area contributed by atoms with Crippen LogP contribution in [0.2, 0.25) is 0 Å². The zero-order valence-corrected chi connectivity index (χ0v) is 10.4. The van der Waals surface area contributed by atoms with Crippen LogP contribution < -0.4 is 0 Å². The molecule has 1 N–H and O–H groups in total. The van der Waals surface area contributed by atoms with E-state index < -0.39 is 5.60 Å². The maximum absolute atomic E-state index is 10.2. The van der Waals surface area contributed by atoms with Crippen LogP contribution in [0.5, 0.6) is 0 Å². The van der Waals surface area contributed by atoms with Crippen molar-refractivity contribution in [3.63, 3.8) is 0 Å². The molecule has 0 radical (unpaired) electrons. The number of aryl methyl sites for hydroxylation is 1. The average Bonchev–Trinajstić information content (AvgIpc) is 2.24. The molecule has 0 amide bonds. The highest BCUT2D eigenvalue weighted by Crippen LogP contribution is 2.20.